The number of carbonyl (C=O) groups excluding carboxylic acids is 1. The molecule has 1 fully saturated rings. The van der Waals surface area contributed by atoms with Crippen LogP contribution in [0.25, 0.3) is 0 Å². The van der Waals surface area contributed by atoms with Gasteiger partial charge >= 0.3 is 5.97 Å². The van der Waals surface area contributed by atoms with E-state index in [0.717, 1.165) is 32.1 Å². The number of hydrogen-bond acceptors (Lipinski definition) is 3. The number of hydrogen-bond donors (Lipinski definition) is 3. The molecule has 0 heterocycles. The number of nitrogens with one attached hydrogen (secondary N) is 1. The second kappa shape index (κ2) is 10.0. The molecule has 3 unspecified atom stereocenters. The van der Waals surface area contributed by atoms with E-state index in [1.54, 1.807) is 0 Å². The molecule has 0 aromatic carbocycles. The highest BCUT2D eigenvalue weighted by molar-refractivity contribution is 6.20. The highest BCUT2D eigenvalue weighted by atomic mass is 35.5. The molecule has 6 heteroatoms. The summed E-state index contributed by atoms with van der Waals surface area (Å²) in [6.45, 7) is 0. The summed E-state index contributed by atoms with van der Waals surface area (Å²) in [6, 6.07) is -0.218. The molecule has 1 aliphatic carbocycles. The molecule has 5 nitrogen and oxygen atoms in total. The van der Waals surface area contributed by atoms with Crippen LogP contribution in [0, 0.1) is 0 Å². The zero-order chi connectivity index (χ0) is 15.7. The van der Waals surface area contributed by atoms with Crippen molar-refractivity contribution in [2.75, 3.05) is 0 Å². The molecular formula is C15H26ClNO4. The van der Waals surface area contributed by atoms with E-state index in [9.17, 15) is 14.7 Å². The van der Waals surface area contributed by atoms with E-state index >= 15 is 0 Å². The van der Waals surface area contributed by atoms with Gasteiger partial charge in [-0.3, -0.25) is 9.59 Å². The van der Waals surface area contributed by atoms with Gasteiger partial charge in [-0.1, -0.05) is 19.3 Å². The Hall–Kier alpha value is -0.810. The van der Waals surface area contributed by atoms with Gasteiger partial charge in [0.25, 0.3) is 0 Å². The average molecular weight is 320 g/mol. The number of unbranched alkanes of at least 4 members (excludes halogenated alkanes) is 4. The summed E-state index contributed by atoms with van der Waals surface area (Å²) < 4.78 is 0. The third kappa shape index (κ3) is 8.27. The first-order chi connectivity index (χ1) is 9.99. The van der Waals surface area contributed by atoms with Gasteiger partial charge in [0.2, 0.25) is 5.91 Å². The summed E-state index contributed by atoms with van der Waals surface area (Å²) in [5, 5.41) is 21.2. The van der Waals surface area contributed by atoms with Crippen molar-refractivity contribution >= 4 is 23.5 Å². The number of carbonyl (C=O) groups is 2. The summed E-state index contributed by atoms with van der Waals surface area (Å²) in [6.07, 6.45) is 6.53. The molecule has 0 bridgehead atoms. The van der Waals surface area contributed by atoms with Gasteiger partial charge in [-0.25, -0.2) is 0 Å². The molecule has 0 radical (unpaired) electrons. The quantitative estimate of drug-likeness (QED) is 0.450. The van der Waals surface area contributed by atoms with Crippen LogP contribution in [-0.4, -0.2) is 39.6 Å². The van der Waals surface area contributed by atoms with Crippen molar-refractivity contribution in [2.24, 2.45) is 0 Å². The van der Waals surface area contributed by atoms with E-state index in [2.05, 4.69) is 5.32 Å². The zero-order valence-electron chi connectivity index (χ0n) is 12.4. The second-order valence-electron chi connectivity index (χ2n) is 5.81. The van der Waals surface area contributed by atoms with E-state index in [0.29, 0.717) is 25.7 Å². The molecule has 1 saturated carbocycles. The van der Waals surface area contributed by atoms with Gasteiger partial charge in [0.1, 0.15) is 0 Å². The molecule has 3 N–H and O–H groups in total. The van der Waals surface area contributed by atoms with Gasteiger partial charge in [-0.05, 0) is 32.1 Å². The maximum absolute atomic E-state index is 11.8. The molecule has 0 aromatic rings. The van der Waals surface area contributed by atoms with Gasteiger partial charge in [-0.15, -0.1) is 11.6 Å². The lowest BCUT2D eigenvalue weighted by Crippen LogP contribution is -2.47. The molecule has 0 aromatic heterocycles. The molecular weight excluding hydrogens is 294 g/mol. The van der Waals surface area contributed by atoms with Crippen LogP contribution >= 0.6 is 11.6 Å². The third-order valence-electron chi connectivity index (χ3n) is 3.89. The van der Waals surface area contributed by atoms with Crippen molar-refractivity contribution < 1.29 is 19.8 Å². The van der Waals surface area contributed by atoms with E-state index < -0.39 is 12.1 Å². The van der Waals surface area contributed by atoms with Crippen LogP contribution in [0.1, 0.15) is 64.2 Å². The largest absolute Gasteiger partial charge is 0.481 e. The predicted molar refractivity (Wildman–Crippen MR) is 81.4 cm³/mol. The minimum Gasteiger partial charge on any atom is -0.481 e. The molecule has 1 rings (SSSR count). The van der Waals surface area contributed by atoms with E-state index in [-0.39, 0.29) is 23.7 Å². The summed E-state index contributed by atoms with van der Waals surface area (Å²) in [4.78, 5) is 22.1. The Morgan fingerprint density at radius 1 is 1.05 bits per heavy atom. The van der Waals surface area contributed by atoms with Crippen molar-refractivity contribution in [3.63, 3.8) is 0 Å². The fourth-order valence-electron chi connectivity index (χ4n) is 2.63. The highest BCUT2D eigenvalue weighted by Crippen LogP contribution is 2.23. The number of carboxylic acids is 1. The standard InChI is InChI=1S/C15H26ClNO4/c16-11-8-9-13(18)12(10-11)17-14(19)6-4-2-1-3-5-7-15(20)21/h11-13,18H,1-10H2,(H,17,19)(H,20,21). The van der Waals surface area contributed by atoms with E-state index in [1.807, 2.05) is 0 Å². The number of amides is 1. The second-order valence-corrected chi connectivity index (χ2v) is 6.43. The lowest BCUT2D eigenvalue weighted by atomic mass is 9.92. The maximum Gasteiger partial charge on any atom is 0.303 e. The van der Waals surface area contributed by atoms with E-state index in [1.165, 1.54) is 0 Å². The lowest BCUT2D eigenvalue weighted by molar-refractivity contribution is -0.137. The molecule has 1 amide bonds. The zero-order valence-corrected chi connectivity index (χ0v) is 13.1. The lowest BCUT2D eigenvalue weighted by Gasteiger charge is -2.31. The summed E-state index contributed by atoms with van der Waals surface area (Å²) in [5.74, 6) is -0.784. The first-order valence-electron chi connectivity index (χ1n) is 7.82. The van der Waals surface area contributed by atoms with Crippen molar-refractivity contribution in [3.8, 4) is 0 Å². The number of alkyl halides is 1. The Morgan fingerprint density at radius 3 is 2.33 bits per heavy atom. The molecule has 122 valence electrons. The number of carboxylic acid groups (broad SMARTS) is 1. The van der Waals surface area contributed by atoms with Crippen LogP contribution in [-0.2, 0) is 9.59 Å². The molecule has 0 spiro atoms. The minimum absolute atomic E-state index is 0.0321. The summed E-state index contributed by atoms with van der Waals surface area (Å²) >= 11 is 6.05. The Balaban J connectivity index is 2.04. The third-order valence-corrected chi connectivity index (χ3v) is 4.29. The molecule has 0 saturated heterocycles. The predicted octanol–water partition coefficient (Wildman–Crippen LogP) is 2.44. The van der Waals surface area contributed by atoms with Crippen LogP contribution in [0.4, 0.5) is 0 Å². The van der Waals surface area contributed by atoms with Gasteiger partial charge in [-0.2, -0.15) is 0 Å². The first kappa shape index (κ1) is 18.2. The van der Waals surface area contributed by atoms with Crippen LogP contribution in [0.5, 0.6) is 0 Å². The number of aliphatic hydroxyl groups is 1. The normalized spacial score (nSPS) is 25.5. The first-order valence-corrected chi connectivity index (χ1v) is 8.26. The topological polar surface area (TPSA) is 86.6 Å². The average Bonchev–Trinajstić information content (AvgIpc) is 2.41. The van der Waals surface area contributed by atoms with Gasteiger partial charge in [0.05, 0.1) is 12.1 Å². The van der Waals surface area contributed by atoms with Crippen molar-refractivity contribution in [3.05, 3.63) is 0 Å². The van der Waals surface area contributed by atoms with Gasteiger partial charge in [0, 0.05) is 18.2 Å². The van der Waals surface area contributed by atoms with Crippen LogP contribution < -0.4 is 5.32 Å². The van der Waals surface area contributed by atoms with Crippen molar-refractivity contribution in [1.29, 1.82) is 0 Å². The number of aliphatic hydroxyl groups excluding tert-OH is 1. The molecule has 1 aliphatic rings. The fraction of sp³-hybridized carbons (Fsp3) is 0.867. The summed E-state index contributed by atoms with van der Waals surface area (Å²) in [5.41, 5.74) is 0. The maximum atomic E-state index is 11.8. The Labute approximate surface area is 131 Å². The Morgan fingerprint density at radius 2 is 1.67 bits per heavy atom. The van der Waals surface area contributed by atoms with Crippen LogP contribution in [0.3, 0.4) is 0 Å². The fourth-order valence-corrected chi connectivity index (χ4v) is 2.95. The van der Waals surface area contributed by atoms with Crippen LogP contribution in [0.15, 0.2) is 0 Å². The smallest absolute Gasteiger partial charge is 0.303 e. The minimum atomic E-state index is -0.752. The van der Waals surface area contributed by atoms with Crippen molar-refractivity contribution in [2.45, 2.75) is 81.7 Å². The highest BCUT2D eigenvalue weighted by Gasteiger charge is 2.28. The number of halogens is 1. The molecule has 3 atom stereocenters. The monoisotopic (exact) mass is 319 g/mol. The summed E-state index contributed by atoms with van der Waals surface area (Å²) in [7, 11) is 0. The van der Waals surface area contributed by atoms with Crippen molar-refractivity contribution in [1.82, 2.24) is 5.32 Å². The van der Waals surface area contributed by atoms with Crippen LogP contribution in [0.2, 0.25) is 0 Å². The van der Waals surface area contributed by atoms with E-state index in [4.69, 9.17) is 16.7 Å². The Kier molecular flexibility index (Phi) is 8.69. The number of rotatable bonds is 9. The van der Waals surface area contributed by atoms with Gasteiger partial charge in [0.15, 0.2) is 0 Å². The van der Waals surface area contributed by atoms with Gasteiger partial charge < -0.3 is 15.5 Å². The molecule has 0 aliphatic heterocycles. The number of aliphatic carboxylic acids is 1. The Bertz CT molecular complexity index is 338. The molecule has 21 heavy (non-hydrogen) atoms. The SMILES string of the molecule is O=C(O)CCCCCCCC(=O)NC1CC(Cl)CCC1O.